The number of benzene rings is 1. The molecule has 0 bridgehead atoms. The maximum absolute atomic E-state index is 12.6. The van der Waals surface area contributed by atoms with Gasteiger partial charge < -0.3 is 20.3 Å². The summed E-state index contributed by atoms with van der Waals surface area (Å²) in [5.74, 6) is 0.861. The van der Waals surface area contributed by atoms with E-state index in [1.165, 1.54) is 12.4 Å². The van der Waals surface area contributed by atoms with E-state index in [4.69, 9.17) is 10.5 Å². The van der Waals surface area contributed by atoms with E-state index in [1.54, 1.807) is 12.0 Å². The van der Waals surface area contributed by atoms with Crippen molar-refractivity contribution in [3.8, 4) is 5.75 Å². The summed E-state index contributed by atoms with van der Waals surface area (Å²) in [4.78, 5) is 24.7. The molecule has 2 heterocycles. The standard InChI is InChI=1S/C17H21N5O2/c1-24-14-5-3-13(4-6-14)21-9-2-10-22(12-11-21)17(23)15-16(18)20-8-7-19-15/h3-8H,2,9-12H2,1H3,(H2,18,20). The van der Waals surface area contributed by atoms with Crippen molar-refractivity contribution < 1.29 is 9.53 Å². The van der Waals surface area contributed by atoms with Crippen molar-refractivity contribution in [2.24, 2.45) is 0 Å². The van der Waals surface area contributed by atoms with Crippen LogP contribution in [-0.4, -0.2) is 54.1 Å². The SMILES string of the molecule is COc1ccc(N2CCCN(C(=O)c3nccnc3N)CC2)cc1. The molecule has 2 N–H and O–H groups in total. The number of nitrogens with zero attached hydrogens (tertiary/aromatic N) is 4. The van der Waals surface area contributed by atoms with Gasteiger partial charge in [-0.15, -0.1) is 0 Å². The minimum Gasteiger partial charge on any atom is -0.497 e. The topological polar surface area (TPSA) is 84.6 Å². The second-order valence-electron chi connectivity index (χ2n) is 5.62. The van der Waals surface area contributed by atoms with E-state index < -0.39 is 0 Å². The van der Waals surface area contributed by atoms with Crippen molar-refractivity contribution in [2.75, 3.05) is 43.9 Å². The van der Waals surface area contributed by atoms with E-state index in [1.807, 2.05) is 24.3 Å². The van der Waals surface area contributed by atoms with Crippen molar-refractivity contribution in [3.05, 3.63) is 42.4 Å². The number of nitrogens with two attached hydrogens (primary N) is 1. The molecule has 24 heavy (non-hydrogen) atoms. The Balaban J connectivity index is 1.68. The molecule has 1 amide bonds. The van der Waals surface area contributed by atoms with Gasteiger partial charge in [0, 0.05) is 44.3 Å². The molecule has 3 rings (SSSR count). The van der Waals surface area contributed by atoms with Crippen LogP contribution in [0.25, 0.3) is 0 Å². The molecule has 0 unspecified atom stereocenters. The molecule has 0 radical (unpaired) electrons. The number of anilines is 2. The molecule has 0 spiro atoms. The lowest BCUT2D eigenvalue weighted by atomic mass is 10.2. The van der Waals surface area contributed by atoms with Crippen molar-refractivity contribution in [1.82, 2.24) is 14.9 Å². The highest BCUT2D eigenvalue weighted by Gasteiger charge is 2.23. The van der Waals surface area contributed by atoms with Gasteiger partial charge in [0.15, 0.2) is 11.5 Å². The van der Waals surface area contributed by atoms with Gasteiger partial charge in [-0.2, -0.15) is 0 Å². The third-order valence-electron chi connectivity index (χ3n) is 4.15. The lowest BCUT2D eigenvalue weighted by Gasteiger charge is -2.23. The summed E-state index contributed by atoms with van der Waals surface area (Å²) in [6, 6.07) is 7.97. The second-order valence-corrected chi connectivity index (χ2v) is 5.62. The molecule has 0 saturated carbocycles. The van der Waals surface area contributed by atoms with Crippen molar-refractivity contribution in [3.63, 3.8) is 0 Å². The molecule has 1 aliphatic heterocycles. The van der Waals surface area contributed by atoms with Crippen LogP contribution in [0.15, 0.2) is 36.7 Å². The van der Waals surface area contributed by atoms with Crippen LogP contribution in [0.2, 0.25) is 0 Å². The minimum absolute atomic E-state index is 0.155. The summed E-state index contributed by atoms with van der Waals surface area (Å²) < 4.78 is 5.19. The molecule has 7 nitrogen and oxygen atoms in total. The Morgan fingerprint density at radius 3 is 2.54 bits per heavy atom. The summed E-state index contributed by atoms with van der Waals surface area (Å²) in [7, 11) is 1.66. The average Bonchev–Trinajstić information content (AvgIpc) is 2.88. The van der Waals surface area contributed by atoms with Gasteiger partial charge in [0.1, 0.15) is 5.75 Å². The van der Waals surface area contributed by atoms with Crippen molar-refractivity contribution in [1.29, 1.82) is 0 Å². The van der Waals surface area contributed by atoms with Crippen LogP contribution < -0.4 is 15.4 Å². The number of carbonyl (C=O) groups is 1. The highest BCUT2D eigenvalue weighted by Crippen LogP contribution is 2.21. The van der Waals surface area contributed by atoms with Gasteiger partial charge in [0.2, 0.25) is 0 Å². The molecular weight excluding hydrogens is 306 g/mol. The lowest BCUT2D eigenvalue weighted by molar-refractivity contribution is 0.0762. The molecular formula is C17H21N5O2. The number of rotatable bonds is 3. The van der Waals surface area contributed by atoms with Gasteiger partial charge >= 0.3 is 0 Å². The molecule has 1 aromatic heterocycles. The lowest BCUT2D eigenvalue weighted by Crippen LogP contribution is -2.36. The van der Waals surface area contributed by atoms with Gasteiger partial charge in [-0.3, -0.25) is 4.79 Å². The largest absolute Gasteiger partial charge is 0.497 e. The Kier molecular flexibility index (Phi) is 4.79. The predicted octanol–water partition coefficient (Wildman–Crippen LogP) is 1.42. The first kappa shape index (κ1) is 16.0. The molecule has 1 saturated heterocycles. The van der Waals surface area contributed by atoms with Crippen LogP contribution in [-0.2, 0) is 0 Å². The highest BCUT2D eigenvalue weighted by atomic mass is 16.5. The van der Waals surface area contributed by atoms with Crippen molar-refractivity contribution in [2.45, 2.75) is 6.42 Å². The fraction of sp³-hybridized carbons (Fsp3) is 0.353. The third-order valence-corrected chi connectivity index (χ3v) is 4.15. The maximum atomic E-state index is 12.6. The van der Waals surface area contributed by atoms with E-state index in [-0.39, 0.29) is 17.4 Å². The summed E-state index contributed by atoms with van der Waals surface area (Å²) in [5, 5.41) is 0. The van der Waals surface area contributed by atoms with Gasteiger partial charge in [-0.25, -0.2) is 9.97 Å². The fourth-order valence-corrected chi connectivity index (χ4v) is 2.84. The van der Waals surface area contributed by atoms with Crippen LogP contribution in [0.1, 0.15) is 16.9 Å². The molecule has 1 fully saturated rings. The minimum atomic E-state index is -0.155. The number of methoxy groups -OCH3 is 1. The van der Waals surface area contributed by atoms with E-state index >= 15 is 0 Å². The number of amides is 1. The van der Waals surface area contributed by atoms with Crippen LogP contribution in [0.5, 0.6) is 5.75 Å². The van der Waals surface area contributed by atoms with Gasteiger partial charge in [-0.05, 0) is 30.7 Å². The quantitative estimate of drug-likeness (QED) is 0.918. The van der Waals surface area contributed by atoms with Gasteiger partial charge in [0.25, 0.3) is 5.91 Å². The molecule has 0 atom stereocenters. The maximum Gasteiger partial charge on any atom is 0.276 e. The number of aromatic nitrogens is 2. The van der Waals surface area contributed by atoms with E-state index in [2.05, 4.69) is 14.9 Å². The van der Waals surface area contributed by atoms with Crippen molar-refractivity contribution >= 4 is 17.4 Å². The molecule has 1 aromatic carbocycles. The number of ether oxygens (including phenoxy) is 1. The predicted molar refractivity (Wildman–Crippen MR) is 92.2 cm³/mol. The normalized spacial score (nSPS) is 15.0. The summed E-state index contributed by atoms with van der Waals surface area (Å²) in [6.07, 6.45) is 3.86. The first-order chi connectivity index (χ1) is 11.7. The first-order valence-electron chi connectivity index (χ1n) is 7.94. The zero-order chi connectivity index (χ0) is 16.9. The molecule has 7 heteroatoms. The number of hydrogen-bond acceptors (Lipinski definition) is 6. The molecule has 0 aliphatic carbocycles. The van der Waals surface area contributed by atoms with Gasteiger partial charge in [0.05, 0.1) is 7.11 Å². The smallest absolute Gasteiger partial charge is 0.276 e. The zero-order valence-electron chi connectivity index (χ0n) is 13.7. The summed E-state index contributed by atoms with van der Waals surface area (Å²) in [6.45, 7) is 2.96. The van der Waals surface area contributed by atoms with Crippen LogP contribution in [0.4, 0.5) is 11.5 Å². The number of hydrogen-bond donors (Lipinski definition) is 1. The Morgan fingerprint density at radius 1 is 1.08 bits per heavy atom. The second kappa shape index (κ2) is 7.16. The van der Waals surface area contributed by atoms with Crippen LogP contribution >= 0.6 is 0 Å². The highest BCUT2D eigenvalue weighted by molar-refractivity contribution is 5.96. The van der Waals surface area contributed by atoms with E-state index in [9.17, 15) is 4.79 Å². The van der Waals surface area contributed by atoms with E-state index in [0.29, 0.717) is 13.1 Å². The monoisotopic (exact) mass is 327 g/mol. The first-order valence-corrected chi connectivity index (χ1v) is 7.94. The number of nitrogen functional groups attached to an aromatic ring is 1. The van der Waals surface area contributed by atoms with E-state index in [0.717, 1.165) is 30.9 Å². The van der Waals surface area contributed by atoms with Crippen LogP contribution in [0, 0.1) is 0 Å². The molecule has 2 aromatic rings. The number of carbonyl (C=O) groups excluding carboxylic acids is 1. The average molecular weight is 327 g/mol. The summed E-state index contributed by atoms with van der Waals surface area (Å²) >= 11 is 0. The third kappa shape index (κ3) is 3.40. The molecule has 1 aliphatic rings. The Bertz CT molecular complexity index is 704. The van der Waals surface area contributed by atoms with Crippen LogP contribution in [0.3, 0.4) is 0 Å². The van der Waals surface area contributed by atoms with Gasteiger partial charge in [-0.1, -0.05) is 0 Å². The zero-order valence-corrected chi connectivity index (χ0v) is 13.7. The molecule has 126 valence electrons. The Hall–Kier alpha value is -2.83. The Labute approximate surface area is 141 Å². The Morgan fingerprint density at radius 2 is 1.83 bits per heavy atom. The fourth-order valence-electron chi connectivity index (χ4n) is 2.84. The summed E-state index contributed by atoms with van der Waals surface area (Å²) in [5.41, 5.74) is 7.13.